The molecule has 1 aromatic carbocycles. The first kappa shape index (κ1) is 16.1. The summed E-state index contributed by atoms with van der Waals surface area (Å²) in [5, 5.41) is 13.2. The van der Waals surface area contributed by atoms with Gasteiger partial charge in [0.05, 0.1) is 12.0 Å². The van der Waals surface area contributed by atoms with Gasteiger partial charge in [0.25, 0.3) is 5.91 Å². The Labute approximate surface area is 138 Å². The van der Waals surface area contributed by atoms with Crippen LogP contribution in [0.5, 0.6) is 0 Å². The van der Waals surface area contributed by atoms with Crippen LogP contribution in [-0.2, 0) is 9.53 Å². The second kappa shape index (κ2) is 7.68. The van der Waals surface area contributed by atoms with E-state index in [9.17, 15) is 9.59 Å². The van der Waals surface area contributed by atoms with Crippen LogP contribution in [0.3, 0.4) is 0 Å². The Morgan fingerprint density at radius 1 is 1.41 bits per heavy atom. The molecule has 0 saturated heterocycles. The fraction of sp³-hybridized carbons (Fsp3) is 0.0714. The summed E-state index contributed by atoms with van der Waals surface area (Å²) in [6.07, 6.45) is 1.34. The van der Waals surface area contributed by atoms with Gasteiger partial charge in [-0.2, -0.15) is 5.26 Å². The van der Waals surface area contributed by atoms with Crippen molar-refractivity contribution in [2.24, 2.45) is 0 Å². The number of amides is 1. The molecule has 0 fully saturated rings. The average Bonchev–Trinajstić information content (AvgIpc) is 3.02. The summed E-state index contributed by atoms with van der Waals surface area (Å²) in [6.45, 7) is -0.430. The molecule has 6 nitrogen and oxygen atoms in total. The summed E-state index contributed by atoms with van der Waals surface area (Å²) in [7, 11) is 0. The topological polar surface area (TPSA) is 92.3 Å². The molecule has 1 aromatic heterocycles. The van der Waals surface area contributed by atoms with Gasteiger partial charge in [-0.1, -0.05) is 0 Å². The highest BCUT2D eigenvalue weighted by atomic mass is 79.9. The lowest BCUT2D eigenvalue weighted by atomic mass is 10.3. The van der Waals surface area contributed by atoms with E-state index in [1.54, 1.807) is 24.3 Å². The zero-order chi connectivity index (χ0) is 15.9. The molecule has 0 aliphatic rings. The molecule has 1 N–H and O–H groups in total. The van der Waals surface area contributed by atoms with Crippen LogP contribution >= 0.6 is 27.7 Å². The second-order valence-electron chi connectivity index (χ2n) is 3.94. The van der Waals surface area contributed by atoms with Crippen molar-refractivity contribution >= 4 is 45.3 Å². The Hall–Kier alpha value is -2.24. The molecule has 2 aromatic rings. The van der Waals surface area contributed by atoms with Crippen molar-refractivity contribution in [3.63, 3.8) is 0 Å². The molecule has 0 aliphatic carbocycles. The number of nitriles is 1. The number of hydrogen-bond donors (Lipinski definition) is 1. The van der Waals surface area contributed by atoms with Crippen LogP contribution < -0.4 is 5.32 Å². The van der Waals surface area contributed by atoms with Gasteiger partial charge in [0.15, 0.2) is 6.61 Å². The van der Waals surface area contributed by atoms with Crippen molar-refractivity contribution in [1.82, 2.24) is 0 Å². The number of benzene rings is 1. The van der Waals surface area contributed by atoms with Crippen LogP contribution in [0.2, 0.25) is 0 Å². The molecule has 2 rings (SSSR count). The highest BCUT2D eigenvalue weighted by Gasteiger charge is 2.13. The van der Waals surface area contributed by atoms with E-state index in [1.165, 1.54) is 12.3 Å². The van der Waals surface area contributed by atoms with Crippen LogP contribution in [-0.4, -0.2) is 18.5 Å². The van der Waals surface area contributed by atoms with Crippen molar-refractivity contribution in [2.75, 3.05) is 11.9 Å². The number of furan rings is 1. The molecule has 112 valence electrons. The van der Waals surface area contributed by atoms with E-state index in [0.717, 1.165) is 16.7 Å². The zero-order valence-corrected chi connectivity index (χ0v) is 13.4. The number of thiocyanates is 1. The van der Waals surface area contributed by atoms with Crippen LogP contribution in [0.25, 0.3) is 0 Å². The van der Waals surface area contributed by atoms with Crippen LogP contribution in [0.4, 0.5) is 5.69 Å². The summed E-state index contributed by atoms with van der Waals surface area (Å²) in [4.78, 5) is 24.0. The summed E-state index contributed by atoms with van der Waals surface area (Å²) < 4.78 is 10.3. The maximum atomic E-state index is 11.8. The summed E-state index contributed by atoms with van der Waals surface area (Å²) in [5.74, 6) is -1.16. The average molecular weight is 381 g/mol. The van der Waals surface area contributed by atoms with E-state index < -0.39 is 18.5 Å². The number of nitrogens with one attached hydrogen (secondary N) is 1. The van der Waals surface area contributed by atoms with Gasteiger partial charge >= 0.3 is 5.97 Å². The minimum absolute atomic E-state index is 0.0341. The van der Waals surface area contributed by atoms with E-state index in [-0.39, 0.29) is 5.76 Å². The molecule has 0 unspecified atom stereocenters. The molecule has 0 spiro atoms. The lowest BCUT2D eigenvalue weighted by Gasteiger charge is -2.08. The standard InChI is InChI=1S/C14H9BrN2O4S/c15-10-6-9(22-8-16)3-4-11(10)17-13(18)7-21-14(19)12-2-1-5-20-12/h1-6H,7H2,(H,17,18). The van der Waals surface area contributed by atoms with E-state index in [0.29, 0.717) is 10.2 Å². The Kier molecular flexibility index (Phi) is 5.63. The zero-order valence-electron chi connectivity index (χ0n) is 11.0. The number of thioether (sulfide) groups is 1. The predicted octanol–water partition coefficient (Wildman–Crippen LogP) is 3.41. The number of ether oxygens (including phenoxy) is 1. The smallest absolute Gasteiger partial charge is 0.374 e. The third-order valence-electron chi connectivity index (χ3n) is 2.43. The van der Waals surface area contributed by atoms with Crippen LogP contribution in [0.1, 0.15) is 10.6 Å². The van der Waals surface area contributed by atoms with Crippen LogP contribution in [0, 0.1) is 10.7 Å². The number of esters is 1. The first-order valence-electron chi connectivity index (χ1n) is 5.96. The van der Waals surface area contributed by atoms with Crippen molar-refractivity contribution in [3.05, 3.63) is 46.8 Å². The number of nitrogens with zero attached hydrogens (tertiary/aromatic N) is 1. The van der Waals surface area contributed by atoms with Crippen molar-refractivity contribution in [1.29, 1.82) is 5.26 Å². The molecule has 8 heteroatoms. The van der Waals surface area contributed by atoms with E-state index >= 15 is 0 Å². The summed E-state index contributed by atoms with van der Waals surface area (Å²) >= 11 is 4.31. The first-order chi connectivity index (χ1) is 10.6. The first-order valence-corrected chi connectivity index (χ1v) is 7.57. The fourth-order valence-electron chi connectivity index (χ4n) is 1.50. The maximum absolute atomic E-state index is 11.8. The third kappa shape index (κ3) is 4.38. The predicted molar refractivity (Wildman–Crippen MR) is 83.2 cm³/mol. The SMILES string of the molecule is N#CSc1ccc(NC(=O)COC(=O)c2ccco2)c(Br)c1. The molecule has 0 atom stereocenters. The monoisotopic (exact) mass is 380 g/mol. The molecule has 0 bridgehead atoms. The number of carbonyl (C=O) groups is 2. The quantitative estimate of drug-likeness (QED) is 0.485. The third-order valence-corrected chi connectivity index (χ3v) is 3.67. The van der Waals surface area contributed by atoms with E-state index in [1.807, 2.05) is 5.40 Å². The second-order valence-corrected chi connectivity index (χ2v) is 5.65. The van der Waals surface area contributed by atoms with Crippen molar-refractivity contribution in [3.8, 4) is 5.40 Å². The highest BCUT2D eigenvalue weighted by Crippen LogP contribution is 2.28. The summed E-state index contributed by atoms with van der Waals surface area (Å²) in [5.41, 5.74) is 0.515. The van der Waals surface area contributed by atoms with E-state index in [4.69, 9.17) is 14.4 Å². The van der Waals surface area contributed by atoms with Gasteiger partial charge in [-0.05, 0) is 58.0 Å². The number of rotatable bonds is 5. The van der Waals surface area contributed by atoms with Gasteiger partial charge in [-0.3, -0.25) is 4.79 Å². The number of anilines is 1. The fourth-order valence-corrected chi connectivity index (χ4v) is 2.54. The molecular formula is C14H9BrN2O4S. The van der Waals surface area contributed by atoms with Gasteiger partial charge in [0.1, 0.15) is 5.40 Å². The molecule has 22 heavy (non-hydrogen) atoms. The Morgan fingerprint density at radius 3 is 2.86 bits per heavy atom. The van der Waals surface area contributed by atoms with Gasteiger partial charge in [-0.25, -0.2) is 4.79 Å². The van der Waals surface area contributed by atoms with Crippen molar-refractivity contribution in [2.45, 2.75) is 4.90 Å². The Bertz CT molecular complexity index is 725. The molecular weight excluding hydrogens is 372 g/mol. The minimum Gasteiger partial charge on any atom is -0.457 e. The Morgan fingerprint density at radius 2 is 2.23 bits per heavy atom. The maximum Gasteiger partial charge on any atom is 0.374 e. The lowest BCUT2D eigenvalue weighted by molar-refractivity contribution is -0.119. The molecule has 1 heterocycles. The van der Waals surface area contributed by atoms with E-state index in [2.05, 4.69) is 21.2 Å². The number of hydrogen-bond acceptors (Lipinski definition) is 6. The lowest BCUT2D eigenvalue weighted by Crippen LogP contribution is -2.20. The van der Waals surface area contributed by atoms with Gasteiger partial charge in [-0.15, -0.1) is 0 Å². The number of carbonyl (C=O) groups excluding carboxylic acids is 2. The van der Waals surface area contributed by atoms with Gasteiger partial charge in [0.2, 0.25) is 5.76 Å². The highest BCUT2D eigenvalue weighted by molar-refractivity contribution is 9.10. The van der Waals surface area contributed by atoms with Gasteiger partial charge < -0.3 is 14.5 Å². The number of halogens is 1. The molecule has 0 aliphatic heterocycles. The molecule has 0 radical (unpaired) electrons. The Balaban J connectivity index is 1.89. The van der Waals surface area contributed by atoms with Crippen molar-refractivity contribution < 1.29 is 18.7 Å². The molecule has 1 amide bonds. The molecule has 0 saturated carbocycles. The summed E-state index contributed by atoms with van der Waals surface area (Å²) in [6, 6.07) is 8.05. The van der Waals surface area contributed by atoms with Gasteiger partial charge in [0, 0.05) is 9.37 Å². The van der Waals surface area contributed by atoms with Crippen LogP contribution in [0.15, 0.2) is 50.4 Å². The minimum atomic E-state index is -0.708. The normalized spacial score (nSPS) is 9.82. The largest absolute Gasteiger partial charge is 0.457 e.